The highest BCUT2D eigenvalue weighted by Crippen LogP contribution is 2.22. The zero-order valence-corrected chi connectivity index (χ0v) is 14.2. The van der Waals surface area contributed by atoms with Gasteiger partial charge in [0.1, 0.15) is 17.9 Å². The van der Waals surface area contributed by atoms with Gasteiger partial charge in [-0.3, -0.25) is 4.90 Å². The number of benzene rings is 2. The Bertz CT molecular complexity index is 888. The first-order valence-corrected chi connectivity index (χ1v) is 8.61. The summed E-state index contributed by atoms with van der Waals surface area (Å²) in [6.45, 7) is 3.81. The lowest BCUT2D eigenvalue weighted by Gasteiger charge is -2.35. The van der Waals surface area contributed by atoms with Crippen molar-refractivity contribution < 1.29 is 13.2 Å². The van der Waals surface area contributed by atoms with Crippen LogP contribution in [0.5, 0.6) is 0 Å². The van der Waals surface area contributed by atoms with Crippen LogP contribution in [0.4, 0.5) is 14.5 Å². The number of oxazole rings is 1. The molecule has 1 fully saturated rings. The highest BCUT2D eigenvalue weighted by Gasteiger charge is 2.20. The van der Waals surface area contributed by atoms with E-state index in [1.165, 1.54) is 18.2 Å². The molecule has 1 aliphatic heterocycles. The topological polar surface area (TPSA) is 32.5 Å². The molecule has 0 aliphatic carbocycles. The first-order valence-electron chi connectivity index (χ1n) is 8.61. The van der Waals surface area contributed by atoms with Crippen molar-refractivity contribution in [2.75, 3.05) is 31.1 Å². The normalized spacial score (nSPS) is 15.4. The van der Waals surface area contributed by atoms with Crippen molar-refractivity contribution in [1.82, 2.24) is 9.88 Å². The van der Waals surface area contributed by atoms with E-state index in [1.54, 1.807) is 24.5 Å². The molecule has 0 saturated carbocycles. The number of nitrogens with zero attached hydrogens (tertiary/aromatic N) is 3. The third kappa shape index (κ3) is 3.60. The minimum Gasteiger partial charge on any atom is -0.444 e. The average molecular weight is 355 g/mol. The summed E-state index contributed by atoms with van der Waals surface area (Å²) in [6, 6.07) is 13.1. The fourth-order valence-corrected chi connectivity index (χ4v) is 3.22. The van der Waals surface area contributed by atoms with Gasteiger partial charge in [0.25, 0.3) is 0 Å². The third-order valence-electron chi connectivity index (χ3n) is 4.57. The molecule has 2 heterocycles. The summed E-state index contributed by atoms with van der Waals surface area (Å²) in [6.07, 6.45) is 1.61. The smallest absolute Gasteiger partial charge is 0.226 e. The molecule has 26 heavy (non-hydrogen) atoms. The molecule has 0 spiro atoms. The molecular formula is C20H19F2N3O. The number of rotatable bonds is 4. The van der Waals surface area contributed by atoms with Gasteiger partial charge in [0.05, 0.1) is 11.4 Å². The van der Waals surface area contributed by atoms with Gasteiger partial charge < -0.3 is 9.32 Å². The van der Waals surface area contributed by atoms with Gasteiger partial charge in [-0.15, -0.1) is 0 Å². The molecule has 0 amide bonds. The minimum atomic E-state index is -0.313. The second-order valence-electron chi connectivity index (χ2n) is 6.37. The van der Waals surface area contributed by atoms with Crippen molar-refractivity contribution in [3.05, 3.63) is 72.1 Å². The van der Waals surface area contributed by atoms with Crippen LogP contribution in [0.15, 0.2) is 59.2 Å². The van der Waals surface area contributed by atoms with E-state index in [-0.39, 0.29) is 11.6 Å². The third-order valence-corrected chi connectivity index (χ3v) is 4.57. The maximum Gasteiger partial charge on any atom is 0.226 e. The van der Waals surface area contributed by atoms with E-state index < -0.39 is 0 Å². The molecule has 0 unspecified atom stereocenters. The number of para-hydroxylation sites is 1. The van der Waals surface area contributed by atoms with Crippen LogP contribution >= 0.6 is 0 Å². The highest BCUT2D eigenvalue weighted by molar-refractivity contribution is 5.53. The standard InChI is InChI=1S/C20H19F2N3O/c21-16-5-3-4-15(12-16)20-23-17(14-26-20)13-24-8-10-25(11-9-24)19-7-2-1-6-18(19)22/h1-7,12,14H,8-11,13H2. The van der Waals surface area contributed by atoms with Crippen molar-refractivity contribution >= 4 is 5.69 Å². The van der Waals surface area contributed by atoms with Crippen LogP contribution in [0.1, 0.15) is 5.69 Å². The predicted octanol–water partition coefficient (Wildman–Crippen LogP) is 3.94. The van der Waals surface area contributed by atoms with E-state index in [9.17, 15) is 8.78 Å². The molecule has 0 radical (unpaired) electrons. The van der Waals surface area contributed by atoms with Gasteiger partial charge in [-0.05, 0) is 30.3 Å². The first-order chi connectivity index (χ1) is 12.7. The monoisotopic (exact) mass is 355 g/mol. The molecule has 1 aromatic heterocycles. The van der Waals surface area contributed by atoms with Crippen molar-refractivity contribution in [2.45, 2.75) is 6.54 Å². The zero-order valence-electron chi connectivity index (χ0n) is 14.2. The largest absolute Gasteiger partial charge is 0.444 e. The number of anilines is 1. The molecule has 134 valence electrons. The Balaban J connectivity index is 1.37. The van der Waals surface area contributed by atoms with Crippen LogP contribution in [0.25, 0.3) is 11.5 Å². The maximum absolute atomic E-state index is 13.9. The highest BCUT2D eigenvalue weighted by atomic mass is 19.1. The lowest BCUT2D eigenvalue weighted by atomic mass is 10.2. The van der Waals surface area contributed by atoms with Gasteiger partial charge in [0.2, 0.25) is 5.89 Å². The lowest BCUT2D eigenvalue weighted by Crippen LogP contribution is -2.46. The Labute approximate surface area is 150 Å². The molecule has 4 rings (SSSR count). The molecule has 1 saturated heterocycles. The second-order valence-corrected chi connectivity index (χ2v) is 6.37. The summed E-state index contributed by atoms with van der Waals surface area (Å²) in [7, 11) is 0. The minimum absolute atomic E-state index is 0.183. The lowest BCUT2D eigenvalue weighted by molar-refractivity contribution is 0.246. The van der Waals surface area contributed by atoms with Crippen molar-refractivity contribution in [2.24, 2.45) is 0 Å². The van der Waals surface area contributed by atoms with E-state index in [0.29, 0.717) is 23.7 Å². The molecule has 0 bridgehead atoms. The van der Waals surface area contributed by atoms with E-state index in [0.717, 1.165) is 31.9 Å². The van der Waals surface area contributed by atoms with Crippen LogP contribution in [-0.4, -0.2) is 36.1 Å². The molecule has 0 atom stereocenters. The molecule has 2 aromatic carbocycles. The van der Waals surface area contributed by atoms with E-state index in [4.69, 9.17) is 4.42 Å². The Morgan fingerprint density at radius 3 is 2.54 bits per heavy atom. The van der Waals surface area contributed by atoms with Gasteiger partial charge in [-0.1, -0.05) is 18.2 Å². The van der Waals surface area contributed by atoms with Crippen molar-refractivity contribution in [3.63, 3.8) is 0 Å². The Hall–Kier alpha value is -2.73. The number of aromatic nitrogens is 1. The second kappa shape index (κ2) is 7.25. The van der Waals surface area contributed by atoms with Crippen LogP contribution in [-0.2, 0) is 6.54 Å². The van der Waals surface area contributed by atoms with E-state index >= 15 is 0 Å². The van der Waals surface area contributed by atoms with E-state index in [2.05, 4.69) is 14.8 Å². The predicted molar refractivity (Wildman–Crippen MR) is 95.8 cm³/mol. The number of halogens is 2. The molecular weight excluding hydrogens is 336 g/mol. The summed E-state index contributed by atoms with van der Waals surface area (Å²) in [4.78, 5) is 8.78. The van der Waals surface area contributed by atoms with Gasteiger partial charge in [0.15, 0.2) is 0 Å². The first kappa shape index (κ1) is 16.7. The Kier molecular flexibility index (Phi) is 4.67. The fraction of sp³-hybridized carbons (Fsp3) is 0.250. The molecule has 6 heteroatoms. The van der Waals surface area contributed by atoms with Gasteiger partial charge in [-0.2, -0.15) is 0 Å². The average Bonchev–Trinajstić information content (AvgIpc) is 3.12. The van der Waals surface area contributed by atoms with Crippen molar-refractivity contribution in [1.29, 1.82) is 0 Å². The van der Waals surface area contributed by atoms with Crippen LogP contribution in [0, 0.1) is 11.6 Å². The number of piperazine rings is 1. The van der Waals surface area contributed by atoms with Crippen LogP contribution in [0.2, 0.25) is 0 Å². The van der Waals surface area contributed by atoms with Gasteiger partial charge in [-0.25, -0.2) is 13.8 Å². The fourth-order valence-electron chi connectivity index (χ4n) is 3.22. The Morgan fingerprint density at radius 1 is 0.962 bits per heavy atom. The summed E-state index contributed by atoms with van der Waals surface area (Å²) in [5.41, 5.74) is 2.09. The maximum atomic E-state index is 13.9. The molecule has 4 nitrogen and oxygen atoms in total. The Morgan fingerprint density at radius 2 is 1.77 bits per heavy atom. The summed E-state index contributed by atoms with van der Waals surface area (Å²) in [5, 5.41) is 0. The summed E-state index contributed by atoms with van der Waals surface area (Å²) in [5.74, 6) is -0.0757. The van der Waals surface area contributed by atoms with Crippen LogP contribution < -0.4 is 4.90 Å². The molecule has 3 aromatic rings. The zero-order chi connectivity index (χ0) is 17.9. The molecule has 0 N–H and O–H groups in total. The van der Waals surface area contributed by atoms with E-state index in [1.807, 2.05) is 12.1 Å². The molecule has 1 aliphatic rings. The number of hydrogen-bond acceptors (Lipinski definition) is 4. The van der Waals surface area contributed by atoms with Crippen LogP contribution in [0.3, 0.4) is 0 Å². The summed E-state index contributed by atoms with van der Waals surface area (Å²) < 4.78 is 32.7. The van der Waals surface area contributed by atoms with Crippen molar-refractivity contribution in [3.8, 4) is 11.5 Å². The van der Waals surface area contributed by atoms with Gasteiger partial charge >= 0.3 is 0 Å². The summed E-state index contributed by atoms with van der Waals surface area (Å²) >= 11 is 0. The number of hydrogen-bond donors (Lipinski definition) is 0. The van der Waals surface area contributed by atoms with Gasteiger partial charge in [0, 0.05) is 38.3 Å². The SMILES string of the molecule is Fc1cccc(-c2nc(CN3CCN(c4ccccc4F)CC3)co2)c1. The quantitative estimate of drug-likeness (QED) is 0.710.